The minimum atomic E-state index is -0.267. The number of carbonyl (C=O) groups excluding carboxylic acids is 2. The first-order valence-electron chi connectivity index (χ1n) is 10.1. The third kappa shape index (κ3) is 6.34. The molecule has 160 valence electrons. The van der Waals surface area contributed by atoms with Crippen molar-refractivity contribution in [2.45, 2.75) is 13.5 Å². The summed E-state index contributed by atoms with van der Waals surface area (Å²) in [5, 5.41) is 2.80. The van der Waals surface area contributed by atoms with Crippen LogP contribution in [0.15, 0.2) is 78.9 Å². The number of nitrogens with one attached hydrogen (secondary N) is 1. The van der Waals surface area contributed by atoms with Crippen molar-refractivity contribution in [3.05, 3.63) is 90.0 Å². The van der Waals surface area contributed by atoms with Gasteiger partial charge in [0.05, 0.1) is 7.11 Å². The lowest BCUT2D eigenvalue weighted by atomic mass is 10.1. The monoisotopic (exact) mass is 418 g/mol. The third-order valence-electron chi connectivity index (χ3n) is 4.71. The molecule has 0 atom stereocenters. The van der Waals surface area contributed by atoms with Crippen molar-refractivity contribution in [1.29, 1.82) is 0 Å². The summed E-state index contributed by atoms with van der Waals surface area (Å²) in [4.78, 5) is 26.8. The molecule has 0 radical (unpaired) electrons. The van der Waals surface area contributed by atoms with Gasteiger partial charge in [0, 0.05) is 23.9 Å². The molecule has 0 fully saturated rings. The van der Waals surface area contributed by atoms with E-state index in [0.29, 0.717) is 30.2 Å². The Hall–Kier alpha value is -3.80. The molecule has 0 aliphatic heterocycles. The second-order valence-electron chi connectivity index (χ2n) is 6.90. The van der Waals surface area contributed by atoms with Crippen molar-refractivity contribution < 1.29 is 19.1 Å². The van der Waals surface area contributed by atoms with E-state index in [1.165, 1.54) is 4.90 Å². The summed E-state index contributed by atoms with van der Waals surface area (Å²) in [5.74, 6) is 0.981. The molecular weight excluding hydrogens is 392 g/mol. The van der Waals surface area contributed by atoms with Gasteiger partial charge in [-0.3, -0.25) is 9.59 Å². The lowest BCUT2D eigenvalue weighted by molar-refractivity contribution is -0.116. The molecule has 6 nitrogen and oxygen atoms in total. The van der Waals surface area contributed by atoms with Gasteiger partial charge in [-0.1, -0.05) is 36.4 Å². The fourth-order valence-corrected chi connectivity index (χ4v) is 3.01. The molecule has 0 aromatic heterocycles. The Kier molecular flexibility index (Phi) is 7.65. The van der Waals surface area contributed by atoms with Crippen molar-refractivity contribution in [3.8, 4) is 11.5 Å². The summed E-state index contributed by atoms with van der Waals surface area (Å²) >= 11 is 0. The second-order valence-corrected chi connectivity index (χ2v) is 6.90. The van der Waals surface area contributed by atoms with Crippen LogP contribution in [0.3, 0.4) is 0 Å². The van der Waals surface area contributed by atoms with Crippen LogP contribution in [0.25, 0.3) is 0 Å². The smallest absolute Gasteiger partial charge is 0.254 e. The maximum Gasteiger partial charge on any atom is 0.254 e. The number of hydrogen-bond acceptors (Lipinski definition) is 4. The normalized spacial score (nSPS) is 10.3. The highest BCUT2D eigenvalue weighted by Crippen LogP contribution is 2.17. The van der Waals surface area contributed by atoms with Crippen molar-refractivity contribution in [1.82, 2.24) is 4.90 Å². The molecule has 2 amide bonds. The Labute approximate surface area is 182 Å². The summed E-state index contributed by atoms with van der Waals surface area (Å²) in [6, 6.07) is 23.9. The van der Waals surface area contributed by atoms with Crippen LogP contribution in [0.1, 0.15) is 22.8 Å². The van der Waals surface area contributed by atoms with Crippen molar-refractivity contribution in [2.75, 3.05) is 25.5 Å². The van der Waals surface area contributed by atoms with E-state index in [4.69, 9.17) is 9.47 Å². The summed E-state index contributed by atoms with van der Waals surface area (Å²) in [6.45, 7) is 2.65. The van der Waals surface area contributed by atoms with Crippen LogP contribution >= 0.6 is 0 Å². The lowest BCUT2D eigenvalue weighted by Crippen LogP contribution is -2.37. The van der Waals surface area contributed by atoms with Gasteiger partial charge in [-0.2, -0.15) is 0 Å². The van der Waals surface area contributed by atoms with E-state index in [1.807, 2.05) is 49.4 Å². The van der Waals surface area contributed by atoms with E-state index in [9.17, 15) is 9.59 Å². The zero-order valence-corrected chi connectivity index (χ0v) is 17.7. The number of amides is 2. The van der Waals surface area contributed by atoms with E-state index in [-0.39, 0.29) is 18.4 Å². The molecule has 3 aromatic carbocycles. The Balaban J connectivity index is 1.57. The molecule has 0 aliphatic rings. The highest BCUT2D eigenvalue weighted by atomic mass is 16.5. The first-order chi connectivity index (χ1) is 15.1. The van der Waals surface area contributed by atoms with Crippen molar-refractivity contribution in [2.24, 2.45) is 0 Å². The van der Waals surface area contributed by atoms with E-state index < -0.39 is 0 Å². The van der Waals surface area contributed by atoms with E-state index in [2.05, 4.69) is 5.32 Å². The van der Waals surface area contributed by atoms with Gasteiger partial charge in [-0.25, -0.2) is 0 Å². The topological polar surface area (TPSA) is 67.9 Å². The highest BCUT2D eigenvalue weighted by molar-refractivity contribution is 5.99. The number of nitrogens with zero attached hydrogens (tertiary/aromatic N) is 1. The molecule has 0 spiro atoms. The molecule has 31 heavy (non-hydrogen) atoms. The van der Waals surface area contributed by atoms with Gasteiger partial charge in [-0.05, 0) is 48.9 Å². The van der Waals surface area contributed by atoms with Crippen LogP contribution in [-0.2, 0) is 11.4 Å². The number of benzene rings is 3. The highest BCUT2D eigenvalue weighted by Gasteiger charge is 2.17. The maximum atomic E-state index is 12.8. The Morgan fingerprint density at radius 2 is 1.61 bits per heavy atom. The number of carbonyl (C=O) groups is 2. The van der Waals surface area contributed by atoms with Crippen LogP contribution in [0, 0.1) is 0 Å². The molecule has 0 bridgehead atoms. The number of anilines is 1. The van der Waals surface area contributed by atoms with Gasteiger partial charge in [0.2, 0.25) is 5.91 Å². The first kappa shape index (κ1) is 21.9. The Morgan fingerprint density at radius 1 is 0.903 bits per heavy atom. The average Bonchev–Trinajstić information content (AvgIpc) is 2.82. The molecule has 6 heteroatoms. The number of rotatable bonds is 9. The van der Waals surface area contributed by atoms with E-state index >= 15 is 0 Å². The zero-order chi connectivity index (χ0) is 22.1. The van der Waals surface area contributed by atoms with Crippen LogP contribution < -0.4 is 14.8 Å². The van der Waals surface area contributed by atoms with Crippen LogP contribution in [0.5, 0.6) is 11.5 Å². The van der Waals surface area contributed by atoms with Gasteiger partial charge in [0.1, 0.15) is 24.7 Å². The fraction of sp³-hybridized carbons (Fsp3) is 0.200. The number of hydrogen-bond donors (Lipinski definition) is 1. The minimum absolute atomic E-state index is 0.0363. The molecule has 0 aliphatic carbocycles. The van der Waals surface area contributed by atoms with Crippen molar-refractivity contribution in [3.63, 3.8) is 0 Å². The SMILES string of the molecule is CCN(CC(=O)Nc1cccc(OC)c1)C(=O)c1ccc(COc2ccccc2)cc1. The van der Waals surface area contributed by atoms with Crippen LogP contribution in [-0.4, -0.2) is 36.9 Å². The molecule has 0 unspecified atom stereocenters. The predicted molar refractivity (Wildman–Crippen MR) is 120 cm³/mol. The number of likely N-dealkylation sites (N-methyl/N-ethyl adjacent to an activating group) is 1. The van der Waals surface area contributed by atoms with Gasteiger partial charge in [0.15, 0.2) is 0 Å². The second kappa shape index (κ2) is 10.8. The van der Waals surface area contributed by atoms with Crippen molar-refractivity contribution >= 4 is 17.5 Å². The van der Waals surface area contributed by atoms with Gasteiger partial charge in [-0.15, -0.1) is 0 Å². The van der Waals surface area contributed by atoms with Gasteiger partial charge >= 0.3 is 0 Å². The number of para-hydroxylation sites is 1. The molecule has 0 saturated heterocycles. The quantitative estimate of drug-likeness (QED) is 0.560. The molecule has 3 aromatic rings. The Bertz CT molecular complexity index is 1000. The third-order valence-corrected chi connectivity index (χ3v) is 4.71. The van der Waals surface area contributed by atoms with Gasteiger partial charge in [0.25, 0.3) is 5.91 Å². The zero-order valence-electron chi connectivity index (χ0n) is 17.7. The predicted octanol–water partition coefficient (Wildman–Crippen LogP) is 4.38. The Morgan fingerprint density at radius 3 is 2.29 bits per heavy atom. The molecule has 3 rings (SSSR count). The summed E-state index contributed by atoms with van der Waals surface area (Å²) < 4.78 is 10.9. The molecular formula is C25H26N2O4. The maximum absolute atomic E-state index is 12.8. The fourth-order valence-electron chi connectivity index (χ4n) is 3.01. The largest absolute Gasteiger partial charge is 0.497 e. The van der Waals surface area contributed by atoms with Crippen LogP contribution in [0.4, 0.5) is 5.69 Å². The van der Waals surface area contributed by atoms with Crippen LogP contribution in [0.2, 0.25) is 0 Å². The summed E-state index contributed by atoms with van der Waals surface area (Å²) in [7, 11) is 1.57. The minimum Gasteiger partial charge on any atom is -0.497 e. The first-order valence-corrected chi connectivity index (χ1v) is 10.1. The number of ether oxygens (including phenoxy) is 2. The summed E-state index contributed by atoms with van der Waals surface area (Å²) in [5.41, 5.74) is 2.11. The standard InChI is InChI=1S/C25H26N2O4/c1-3-27(17-24(28)26-21-8-7-11-23(16-21)30-2)25(29)20-14-12-19(13-15-20)18-31-22-9-5-4-6-10-22/h4-16H,3,17-18H2,1-2H3,(H,26,28). The molecule has 1 N–H and O–H groups in total. The summed E-state index contributed by atoms with van der Waals surface area (Å²) in [6.07, 6.45) is 0. The van der Waals surface area contributed by atoms with E-state index in [1.54, 1.807) is 43.5 Å². The average molecular weight is 418 g/mol. The molecule has 0 heterocycles. The van der Waals surface area contributed by atoms with Gasteiger partial charge < -0.3 is 19.7 Å². The molecule has 0 saturated carbocycles. The lowest BCUT2D eigenvalue weighted by Gasteiger charge is -2.20. The van der Waals surface area contributed by atoms with E-state index in [0.717, 1.165) is 11.3 Å². The number of methoxy groups -OCH3 is 1.